The van der Waals surface area contributed by atoms with E-state index < -0.39 is 0 Å². The van der Waals surface area contributed by atoms with E-state index in [0.29, 0.717) is 22.8 Å². The van der Waals surface area contributed by atoms with Crippen molar-refractivity contribution in [3.05, 3.63) is 70.6 Å². The van der Waals surface area contributed by atoms with Crippen molar-refractivity contribution in [2.75, 3.05) is 0 Å². The number of benzene rings is 1. The summed E-state index contributed by atoms with van der Waals surface area (Å²) in [6.45, 7) is 0. The van der Waals surface area contributed by atoms with Crippen LogP contribution >= 0.6 is 11.6 Å². The molecule has 4 heteroatoms. The summed E-state index contributed by atoms with van der Waals surface area (Å²) in [7, 11) is 0. The number of nitrogens with zero attached hydrogens (tertiary/aromatic N) is 3. The Hall–Kier alpha value is -2.31. The zero-order valence-electron chi connectivity index (χ0n) is 10.0. The number of hydrogen-bond acceptors (Lipinski definition) is 2. The van der Waals surface area contributed by atoms with Crippen molar-refractivity contribution in [3.63, 3.8) is 0 Å². The number of nitriles is 1. The Labute approximate surface area is 115 Å². The number of rotatable bonds is 2. The zero-order chi connectivity index (χ0) is 13.2. The van der Waals surface area contributed by atoms with Crippen LogP contribution in [0.15, 0.2) is 48.7 Å². The van der Waals surface area contributed by atoms with Gasteiger partial charge in [-0.3, -0.25) is 4.40 Å². The van der Waals surface area contributed by atoms with Gasteiger partial charge >= 0.3 is 0 Å². The highest BCUT2D eigenvalue weighted by molar-refractivity contribution is 6.33. The number of imidazole rings is 1. The molecule has 3 rings (SSSR count). The van der Waals surface area contributed by atoms with Crippen LogP contribution in [0.5, 0.6) is 0 Å². The van der Waals surface area contributed by atoms with Crippen LogP contribution in [0.4, 0.5) is 0 Å². The van der Waals surface area contributed by atoms with E-state index in [2.05, 4.69) is 11.1 Å². The van der Waals surface area contributed by atoms with E-state index in [-0.39, 0.29) is 0 Å². The maximum Gasteiger partial charge on any atom is 0.156 e. The molecule has 92 valence electrons. The molecule has 0 saturated heterocycles. The highest BCUT2D eigenvalue weighted by Crippen LogP contribution is 2.21. The van der Waals surface area contributed by atoms with E-state index in [9.17, 15) is 5.26 Å². The van der Waals surface area contributed by atoms with Gasteiger partial charge in [0, 0.05) is 12.6 Å². The Kier molecular flexibility index (Phi) is 2.94. The molecule has 0 N–H and O–H groups in total. The molecular weight excluding hydrogens is 258 g/mol. The lowest BCUT2D eigenvalue weighted by atomic mass is 10.1. The molecule has 1 aromatic carbocycles. The normalized spacial score (nSPS) is 10.5. The summed E-state index contributed by atoms with van der Waals surface area (Å²) in [4.78, 5) is 4.49. The highest BCUT2D eigenvalue weighted by Gasteiger charge is 2.13. The van der Waals surface area contributed by atoms with Crippen LogP contribution in [-0.2, 0) is 6.42 Å². The molecule has 0 saturated carbocycles. The molecule has 0 atom stereocenters. The summed E-state index contributed by atoms with van der Waals surface area (Å²) < 4.78 is 1.74. The van der Waals surface area contributed by atoms with Gasteiger partial charge < -0.3 is 0 Å². The molecule has 0 fully saturated rings. The Morgan fingerprint density at radius 3 is 2.68 bits per heavy atom. The average Bonchev–Trinajstić information content (AvgIpc) is 2.79. The van der Waals surface area contributed by atoms with Gasteiger partial charge in [-0.2, -0.15) is 5.26 Å². The molecule has 0 unspecified atom stereocenters. The van der Waals surface area contributed by atoms with Gasteiger partial charge in [-0.05, 0) is 17.7 Å². The van der Waals surface area contributed by atoms with E-state index in [1.165, 1.54) is 0 Å². The summed E-state index contributed by atoms with van der Waals surface area (Å²) in [5, 5.41) is 9.87. The molecule has 3 aromatic rings. The molecule has 0 aliphatic heterocycles. The minimum Gasteiger partial charge on any atom is -0.290 e. The monoisotopic (exact) mass is 267 g/mol. The van der Waals surface area contributed by atoms with Crippen molar-refractivity contribution < 1.29 is 0 Å². The van der Waals surface area contributed by atoms with Crippen molar-refractivity contribution in [2.24, 2.45) is 0 Å². The van der Waals surface area contributed by atoms with Crippen LogP contribution < -0.4 is 0 Å². The third-order valence-corrected chi connectivity index (χ3v) is 3.29. The summed E-state index contributed by atoms with van der Waals surface area (Å²) in [6, 6.07) is 15.8. The largest absolute Gasteiger partial charge is 0.290 e. The number of hydrogen-bond donors (Lipinski definition) is 0. The number of fused-ring (bicyclic) bond motifs is 1. The lowest BCUT2D eigenvalue weighted by Gasteiger charge is -1.98. The van der Waals surface area contributed by atoms with Crippen LogP contribution in [0.1, 0.15) is 17.0 Å². The Morgan fingerprint density at radius 1 is 1.16 bits per heavy atom. The van der Waals surface area contributed by atoms with E-state index in [1.807, 2.05) is 36.4 Å². The molecule has 0 aliphatic rings. The lowest BCUT2D eigenvalue weighted by molar-refractivity contribution is 1.09. The summed E-state index contributed by atoms with van der Waals surface area (Å²) in [6.07, 6.45) is 2.43. The van der Waals surface area contributed by atoms with Crippen molar-refractivity contribution in [2.45, 2.75) is 6.42 Å². The Balaban J connectivity index is 2.14. The fraction of sp³-hybridized carbons (Fsp3) is 0.0667. The van der Waals surface area contributed by atoms with Gasteiger partial charge in [-0.25, -0.2) is 4.98 Å². The number of halogens is 1. The van der Waals surface area contributed by atoms with E-state index in [4.69, 9.17) is 11.6 Å². The molecule has 2 heterocycles. The molecule has 19 heavy (non-hydrogen) atoms. The molecule has 2 aromatic heterocycles. The first-order valence-corrected chi connectivity index (χ1v) is 6.27. The van der Waals surface area contributed by atoms with Crippen molar-refractivity contribution >= 4 is 17.2 Å². The lowest BCUT2D eigenvalue weighted by Crippen LogP contribution is -1.93. The van der Waals surface area contributed by atoms with Crippen molar-refractivity contribution in [1.29, 1.82) is 5.26 Å². The van der Waals surface area contributed by atoms with Gasteiger partial charge in [0.05, 0.1) is 10.7 Å². The Morgan fingerprint density at radius 2 is 1.95 bits per heavy atom. The average molecular weight is 268 g/mol. The molecule has 0 spiro atoms. The predicted octanol–water partition coefficient (Wildman–Crippen LogP) is 3.45. The van der Waals surface area contributed by atoms with Crippen molar-refractivity contribution in [3.8, 4) is 6.07 Å². The first-order valence-electron chi connectivity index (χ1n) is 5.89. The van der Waals surface area contributed by atoms with E-state index in [0.717, 1.165) is 11.3 Å². The summed E-state index contributed by atoms with van der Waals surface area (Å²) >= 11 is 6.11. The zero-order valence-corrected chi connectivity index (χ0v) is 10.8. The minimum absolute atomic E-state index is 0.543. The van der Waals surface area contributed by atoms with Gasteiger partial charge in [0.2, 0.25) is 0 Å². The second-order valence-electron chi connectivity index (χ2n) is 4.23. The van der Waals surface area contributed by atoms with Gasteiger partial charge in [-0.15, -0.1) is 0 Å². The highest BCUT2D eigenvalue weighted by atomic mass is 35.5. The van der Waals surface area contributed by atoms with Crippen molar-refractivity contribution in [1.82, 2.24) is 9.38 Å². The third kappa shape index (κ3) is 2.07. The maximum absolute atomic E-state index is 9.32. The maximum atomic E-state index is 9.32. The summed E-state index contributed by atoms with van der Waals surface area (Å²) in [5.74, 6) is 0. The standard InChI is InChI=1S/C15H10ClN3/c16-12-7-4-8-19-14(10-17)13(18-15(12)19)9-11-5-2-1-3-6-11/h1-8H,9H2. The van der Waals surface area contributed by atoms with E-state index >= 15 is 0 Å². The quantitative estimate of drug-likeness (QED) is 0.714. The van der Waals surface area contributed by atoms with Gasteiger partial charge in [0.1, 0.15) is 11.8 Å². The smallest absolute Gasteiger partial charge is 0.156 e. The fourth-order valence-electron chi connectivity index (χ4n) is 2.11. The Bertz CT molecular complexity index is 769. The van der Waals surface area contributed by atoms with Crippen LogP contribution in [0.3, 0.4) is 0 Å². The molecular formula is C15H10ClN3. The fourth-order valence-corrected chi connectivity index (χ4v) is 2.32. The first kappa shape index (κ1) is 11.8. The third-order valence-electron chi connectivity index (χ3n) is 2.99. The first-order chi connectivity index (χ1) is 9.29. The number of aromatic nitrogens is 2. The van der Waals surface area contributed by atoms with Gasteiger partial charge in [0.15, 0.2) is 5.65 Å². The molecule has 0 amide bonds. The summed E-state index contributed by atoms with van der Waals surface area (Å²) in [5.41, 5.74) is 3.05. The minimum atomic E-state index is 0.543. The van der Waals surface area contributed by atoms with Crippen LogP contribution in [0, 0.1) is 11.3 Å². The van der Waals surface area contributed by atoms with Gasteiger partial charge in [-0.1, -0.05) is 41.9 Å². The second-order valence-corrected chi connectivity index (χ2v) is 4.64. The molecule has 0 aliphatic carbocycles. The van der Waals surface area contributed by atoms with E-state index in [1.54, 1.807) is 16.7 Å². The molecule has 0 bridgehead atoms. The van der Waals surface area contributed by atoms with Gasteiger partial charge in [0.25, 0.3) is 0 Å². The van der Waals surface area contributed by atoms with Crippen LogP contribution in [0.25, 0.3) is 5.65 Å². The topological polar surface area (TPSA) is 41.1 Å². The SMILES string of the molecule is N#Cc1c(Cc2ccccc2)nc2c(Cl)cccn12. The molecule has 3 nitrogen and oxygen atoms in total. The molecule has 0 radical (unpaired) electrons. The van der Waals surface area contributed by atoms with Crippen LogP contribution in [0.2, 0.25) is 5.02 Å². The predicted molar refractivity (Wildman–Crippen MR) is 74.2 cm³/mol. The van der Waals surface area contributed by atoms with Crippen LogP contribution in [-0.4, -0.2) is 9.38 Å². The second kappa shape index (κ2) is 4.75. The number of pyridine rings is 1.